The second-order valence-electron chi connectivity index (χ2n) is 4.77. The zero-order valence-corrected chi connectivity index (χ0v) is 9.26. The summed E-state index contributed by atoms with van der Waals surface area (Å²) in [6.07, 6.45) is 1.59. The van der Waals surface area contributed by atoms with E-state index in [1.165, 1.54) is 6.26 Å². The lowest BCUT2D eigenvalue weighted by atomic mass is 9.96. The summed E-state index contributed by atoms with van der Waals surface area (Å²) in [5.74, 6) is -0.138. The number of carbonyl (C=O) groups is 1. The summed E-state index contributed by atoms with van der Waals surface area (Å²) in [5.41, 5.74) is 0. The summed E-state index contributed by atoms with van der Waals surface area (Å²) in [6, 6.07) is 0. The summed E-state index contributed by atoms with van der Waals surface area (Å²) < 4.78 is 21.7. The molecule has 0 saturated carbocycles. The first-order valence-electron chi connectivity index (χ1n) is 5.43. The first-order chi connectivity index (χ1) is 7.55. The first-order valence-corrected chi connectivity index (χ1v) is 5.43. The molecule has 0 N–H and O–H groups in total. The molecule has 3 aliphatic rings. The Labute approximate surface area is 93.3 Å². The monoisotopic (exact) mass is 226 g/mol. The Morgan fingerprint density at radius 3 is 2.94 bits per heavy atom. The van der Waals surface area contributed by atoms with E-state index in [-0.39, 0.29) is 24.1 Å². The van der Waals surface area contributed by atoms with Crippen molar-refractivity contribution in [2.45, 2.75) is 38.3 Å². The molecule has 5 heteroatoms. The summed E-state index contributed by atoms with van der Waals surface area (Å²) in [5, 5.41) is 0. The zero-order valence-electron chi connectivity index (χ0n) is 9.26. The van der Waals surface area contributed by atoms with Crippen molar-refractivity contribution in [2.24, 2.45) is 5.92 Å². The van der Waals surface area contributed by atoms with Crippen LogP contribution in [0.25, 0.3) is 0 Å². The highest BCUT2D eigenvalue weighted by molar-refractivity contribution is 5.74. The Morgan fingerprint density at radius 1 is 1.44 bits per heavy atom. The molecule has 5 nitrogen and oxygen atoms in total. The number of carbonyl (C=O) groups excluding carboxylic acids is 1. The number of hydrogen-bond acceptors (Lipinski definition) is 5. The quantitative estimate of drug-likeness (QED) is 0.623. The smallest absolute Gasteiger partial charge is 0.311 e. The lowest BCUT2D eigenvalue weighted by molar-refractivity contribution is -0.153. The van der Waals surface area contributed by atoms with Gasteiger partial charge in [-0.2, -0.15) is 0 Å². The highest BCUT2D eigenvalue weighted by Gasteiger charge is 2.49. The van der Waals surface area contributed by atoms with Crippen molar-refractivity contribution < 1.29 is 23.7 Å². The molecule has 0 bridgehead atoms. The molecule has 0 aromatic rings. The van der Waals surface area contributed by atoms with E-state index >= 15 is 0 Å². The number of hydrogen-bond donors (Lipinski definition) is 0. The minimum atomic E-state index is -0.569. The molecule has 0 radical (unpaired) electrons. The topological polar surface area (TPSA) is 54.0 Å². The molecule has 3 rings (SSSR count). The van der Waals surface area contributed by atoms with Crippen molar-refractivity contribution in [1.82, 2.24) is 0 Å². The normalized spacial score (nSPS) is 40.2. The fourth-order valence-corrected chi connectivity index (χ4v) is 2.38. The Bertz CT molecular complexity index is 359. The van der Waals surface area contributed by atoms with Crippen LogP contribution in [0.2, 0.25) is 0 Å². The third-order valence-corrected chi connectivity index (χ3v) is 3.12. The van der Waals surface area contributed by atoms with E-state index in [4.69, 9.17) is 18.9 Å². The molecule has 0 spiro atoms. The van der Waals surface area contributed by atoms with E-state index in [9.17, 15) is 4.79 Å². The maximum Gasteiger partial charge on any atom is 0.311 e. The average Bonchev–Trinajstić information content (AvgIpc) is 2.79. The van der Waals surface area contributed by atoms with Gasteiger partial charge in [0.25, 0.3) is 0 Å². The van der Waals surface area contributed by atoms with Crippen molar-refractivity contribution in [3.8, 4) is 0 Å². The lowest BCUT2D eigenvalue weighted by Gasteiger charge is -2.22. The van der Waals surface area contributed by atoms with Crippen LogP contribution in [0.1, 0.15) is 20.3 Å². The van der Waals surface area contributed by atoms with Gasteiger partial charge < -0.3 is 18.9 Å². The van der Waals surface area contributed by atoms with E-state index < -0.39 is 5.79 Å². The minimum absolute atomic E-state index is 0.00463. The van der Waals surface area contributed by atoms with Crippen LogP contribution in [0, 0.1) is 5.92 Å². The van der Waals surface area contributed by atoms with Crippen molar-refractivity contribution in [3.05, 3.63) is 12.0 Å². The van der Waals surface area contributed by atoms with Gasteiger partial charge in [-0.25, -0.2) is 0 Å². The van der Waals surface area contributed by atoms with Gasteiger partial charge in [-0.1, -0.05) is 0 Å². The molecule has 0 aromatic carbocycles. The molecule has 88 valence electrons. The van der Waals surface area contributed by atoms with E-state index in [0.29, 0.717) is 18.8 Å². The van der Waals surface area contributed by atoms with Gasteiger partial charge in [0.2, 0.25) is 0 Å². The van der Waals surface area contributed by atoms with Crippen LogP contribution in [0.4, 0.5) is 0 Å². The third kappa shape index (κ3) is 1.51. The van der Waals surface area contributed by atoms with Gasteiger partial charge in [-0.3, -0.25) is 4.79 Å². The van der Waals surface area contributed by atoms with Gasteiger partial charge in [0, 0.05) is 0 Å². The van der Waals surface area contributed by atoms with Crippen molar-refractivity contribution >= 4 is 5.97 Å². The van der Waals surface area contributed by atoms with Crippen LogP contribution >= 0.6 is 0 Å². The van der Waals surface area contributed by atoms with Gasteiger partial charge in [0.1, 0.15) is 24.2 Å². The molecule has 2 fully saturated rings. The number of esters is 1. The second-order valence-corrected chi connectivity index (χ2v) is 4.77. The molecule has 0 amide bonds. The Balaban J connectivity index is 1.72. The summed E-state index contributed by atoms with van der Waals surface area (Å²) in [4.78, 5) is 11.2. The van der Waals surface area contributed by atoms with Gasteiger partial charge in [-0.05, 0) is 13.8 Å². The minimum Gasteiger partial charge on any atom is -0.491 e. The zero-order chi connectivity index (χ0) is 11.3. The van der Waals surface area contributed by atoms with E-state index in [1.54, 1.807) is 0 Å². The van der Waals surface area contributed by atoms with Crippen LogP contribution in [-0.2, 0) is 23.7 Å². The van der Waals surface area contributed by atoms with Crippen molar-refractivity contribution in [2.75, 3.05) is 6.61 Å². The van der Waals surface area contributed by atoms with Gasteiger partial charge in [-0.15, -0.1) is 0 Å². The van der Waals surface area contributed by atoms with Crippen molar-refractivity contribution in [3.63, 3.8) is 0 Å². The van der Waals surface area contributed by atoms with E-state index in [2.05, 4.69) is 0 Å². The molecular formula is C11H14O5. The molecule has 3 atom stereocenters. The lowest BCUT2D eigenvalue weighted by Crippen LogP contribution is -2.35. The van der Waals surface area contributed by atoms with Gasteiger partial charge in [0.05, 0.1) is 18.9 Å². The summed E-state index contributed by atoms with van der Waals surface area (Å²) in [6.45, 7) is 4.22. The number of fused-ring (bicyclic) bond motifs is 1. The number of rotatable bonds is 1. The Morgan fingerprint density at radius 2 is 2.25 bits per heavy atom. The Kier molecular flexibility index (Phi) is 2.03. The highest BCUT2D eigenvalue weighted by Crippen LogP contribution is 2.40. The van der Waals surface area contributed by atoms with E-state index in [1.807, 2.05) is 13.8 Å². The van der Waals surface area contributed by atoms with Crippen molar-refractivity contribution in [1.29, 1.82) is 0 Å². The molecule has 16 heavy (non-hydrogen) atoms. The van der Waals surface area contributed by atoms with Crippen LogP contribution in [-0.4, -0.2) is 30.6 Å². The standard InChI is InChI=1S/C11H14O5/c1-11(2)14-5-8(16-11)10-6-3-9(12)15-7(6)4-13-10/h4,6,8,10H,3,5H2,1-2H3. The molecule has 0 aliphatic carbocycles. The van der Waals surface area contributed by atoms with Crippen LogP contribution < -0.4 is 0 Å². The third-order valence-electron chi connectivity index (χ3n) is 3.12. The maximum absolute atomic E-state index is 11.2. The molecule has 0 aromatic heterocycles. The summed E-state index contributed by atoms with van der Waals surface area (Å²) in [7, 11) is 0. The molecule has 3 heterocycles. The SMILES string of the molecule is CC1(C)OCC(C2OC=C3OC(=O)CC32)O1. The predicted molar refractivity (Wildman–Crippen MR) is 52.1 cm³/mol. The maximum atomic E-state index is 11.2. The average molecular weight is 226 g/mol. The fraction of sp³-hybridized carbons (Fsp3) is 0.727. The van der Waals surface area contributed by atoms with Gasteiger partial charge in [0.15, 0.2) is 5.79 Å². The van der Waals surface area contributed by atoms with Gasteiger partial charge >= 0.3 is 5.97 Å². The Hall–Kier alpha value is -1.07. The first kappa shape index (κ1) is 10.1. The highest BCUT2D eigenvalue weighted by atomic mass is 16.7. The van der Waals surface area contributed by atoms with Crippen LogP contribution in [0.5, 0.6) is 0 Å². The predicted octanol–water partition coefficient (Wildman–Crippen LogP) is 0.941. The summed E-state index contributed by atoms with van der Waals surface area (Å²) >= 11 is 0. The molecule has 3 aliphatic heterocycles. The molecule has 2 saturated heterocycles. The number of ether oxygens (including phenoxy) is 4. The van der Waals surface area contributed by atoms with Crippen LogP contribution in [0.3, 0.4) is 0 Å². The van der Waals surface area contributed by atoms with Crippen LogP contribution in [0.15, 0.2) is 12.0 Å². The van der Waals surface area contributed by atoms with E-state index in [0.717, 1.165) is 0 Å². The molecule has 3 unspecified atom stereocenters. The largest absolute Gasteiger partial charge is 0.491 e. The second kappa shape index (κ2) is 3.21. The fourth-order valence-electron chi connectivity index (χ4n) is 2.38. The molecular weight excluding hydrogens is 212 g/mol.